The zero-order valence-electron chi connectivity index (χ0n) is 34.8. The van der Waals surface area contributed by atoms with E-state index in [1.807, 2.05) is 45.2 Å². The summed E-state index contributed by atoms with van der Waals surface area (Å²) >= 11 is 1.96. The van der Waals surface area contributed by atoms with Crippen LogP contribution in [0, 0.1) is 23.8 Å². The van der Waals surface area contributed by atoms with E-state index in [2.05, 4.69) is 144 Å². The largest absolute Gasteiger partial charge is 0.512 e. The Labute approximate surface area is 355 Å². The fourth-order valence-corrected chi connectivity index (χ4v) is 15.6. The summed E-state index contributed by atoms with van der Waals surface area (Å²) in [5.74, 6) is 1.11. The van der Waals surface area contributed by atoms with Gasteiger partial charge in [0.25, 0.3) is 0 Å². The first-order chi connectivity index (χ1) is 26.4. The van der Waals surface area contributed by atoms with Gasteiger partial charge < -0.3 is 5.11 Å². The van der Waals surface area contributed by atoms with Crippen molar-refractivity contribution in [3.05, 3.63) is 133 Å². The van der Waals surface area contributed by atoms with Gasteiger partial charge in [-0.1, -0.05) is 152 Å². The number of pyridine rings is 1. The van der Waals surface area contributed by atoms with Crippen molar-refractivity contribution in [1.29, 1.82) is 0 Å². The van der Waals surface area contributed by atoms with Crippen molar-refractivity contribution in [1.82, 2.24) is 4.98 Å². The SMILES string of the molecule is CC(C)C[Si](c1ccccc1)(c1ccccc1)c1cc2ccnc(-c3[c-]c4ccccc4c(C(C)(C)C)c3)c2s1.CCC(CC)C(=O)/C=C(\O)C(CC)CC.[Ir]. The van der Waals surface area contributed by atoms with E-state index in [0.29, 0.717) is 5.92 Å². The molecular weight excluding hydrogens is 899 g/mol. The molecule has 1 N–H and O–H groups in total. The predicted molar refractivity (Wildman–Crippen MR) is 241 cm³/mol. The number of fused-ring (bicyclic) bond motifs is 2. The second kappa shape index (κ2) is 20.1. The molecule has 0 amide bonds. The third-order valence-corrected chi connectivity index (χ3v) is 18.4. The molecule has 0 saturated heterocycles. The zero-order valence-corrected chi connectivity index (χ0v) is 39.0. The maximum Gasteiger partial charge on any atom is 0.162 e. The van der Waals surface area contributed by atoms with Crippen LogP contribution >= 0.6 is 11.3 Å². The third kappa shape index (κ3) is 10.1. The summed E-state index contributed by atoms with van der Waals surface area (Å²) in [7, 11) is -2.30. The van der Waals surface area contributed by atoms with Gasteiger partial charge in [0, 0.05) is 59.1 Å². The molecule has 0 unspecified atom stereocenters. The topological polar surface area (TPSA) is 50.2 Å². The van der Waals surface area contributed by atoms with E-state index in [9.17, 15) is 9.90 Å². The van der Waals surface area contributed by atoms with E-state index >= 15 is 0 Å². The van der Waals surface area contributed by atoms with E-state index in [0.717, 1.165) is 48.4 Å². The molecule has 0 aliphatic carbocycles. The molecule has 0 saturated carbocycles. The Morgan fingerprint density at radius 1 is 0.804 bits per heavy atom. The molecule has 6 rings (SSSR count). The van der Waals surface area contributed by atoms with Crippen LogP contribution in [-0.4, -0.2) is 23.9 Å². The van der Waals surface area contributed by atoms with Crippen molar-refractivity contribution in [2.75, 3.05) is 0 Å². The number of carbonyl (C=O) groups is 1. The number of thiophene rings is 1. The van der Waals surface area contributed by atoms with Crippen molar-refractivity contribution in [3.8, 4) is 11.3 Å². The Morgan fingerprint density at radius 2 is 1.36 bits per heavy atom. The second-order valence-corrected chi connectivity index (χ2v) is 21.6. The average molecular weight is 959 g/mol. The monoisotopic (exact) mass is 959 g/mol. The van der Waals surface area contributed by atoms with Crippen LogP contribution in [-0.2, 0) is 30.3 Å². The predicted octanol–water partition coefficient (Wildman–Crippen LogP) is 12.2. The number of ketones is 1. The Morgan fingerprint density at radius 3 is 1.89 bits per heavy atom. The molecule has 0 aliphatic heterocycles. The minimum Gasteiger partial charge on any atom is -0.512 e. The first-order valence-corrected chi connectivity index (χ1v) is 23.3. The summed E-state index contributed by atoms with van der Waals surface area (Å²) in [6.07, 6.45) is 6.88. The van der Waals surface area contributed by atoms with Crippen LogP contribution in [0.3, 0.4) is 0 Å². The fraction of sp³-hybridized carbons (Fsp3) is 0.360. The molecular formula is C50H60IrNO2SSi-. The van der Waals surface area contributed by atoms with Crippen LogP contribution in [0.5, 0.6) is 0 Å². The fourth-order valence-electron chi connectivity index (χ4n) is 7.97. The smallest absolute Gasteiger partial charge is 0.162 e. The molecule has 6 aromatic rings. The summed E-state index contributed by atoms with van der Waals surface area (Å²) in [5, 5.41) is 16.4. The molecule has 1 radical (unpaired) electrons. The molecule has 56 heavy (non-hydrogen) atoms. The van der Waals surface area contributed by atoms with E-state index < -0.39 is 8.07 Å². The number of hydrogen-bond acceptors (Lipinski definition) is 4. The van der Waals surface area contributed by atoms with Gasteiger partial charge in [-0.3, -0.25) is 9.78 Å². The van der Waals surface area contributed by atoms with Crippen LogP contribution in [0.15, 0.2) is 121 Å². The second-order valence-electron chi connectivity index (χ2n) is 16.3. The van der Waals surface area contributed by atoms with E-state index in [1.165, 1.54) is 42.0 Å². The van der Waals surface area contributed by atoms with Crippen LogP contribution in [0.1, 0.15) is 93.6 Å². The van der Waals surface area contributed by atoms with E-state index in [1.54, 1.807) is 0 Å². The number of aliphatic hydroxyl groups is 1. The first-order valence-electron chi connectivity index (χ1n) is 20.3. The Kier molecular flexibility index (Phi) is 16.2. The first kappa shape index (κ1) is 45.0. The van der Waals surface area contributed by atoms with Crippen LogP contribution in [0.4, 0.5) is 0 Å². The van der Waals surface area contributed by atoms with Gasteiger partial charge in [0.05, 0.1) is 5.76 Å². The Bertz CT molecular complexity index is 2160. The number of nitrogens with zero attached hydrogens (tertiary/aromatic N) is 1. The van der Waals surface area contributed by atoms with E-state index in [4.69, 9.17) is 4.98 Å². The number of aliphatic hydroxyl groups excluding tert-OH is 1. The van der Waals surface area contributed by atoms with Gasteiger partial charge in [-0.25, -0.2) is 0 Å². The summed E-state index contributed by atoms with van der Waals surface area (Å²) in [4.78, 5) is 16.7. The summed E-state index contributed by atoms with van der Waals surface area (Å²) < 4.78 is 2.76. The van der Waals surface area contributed by atoms with Crippen molar-refractivity contribution in [3.63, 3.8) is 0 Å². The molecule has 0 bridgehead atoms. The zero-order chi connectivity index (χ0) is 39.8. The maximum absolute atomic E-state index is 11.7. The van der Waals surface area contributed by atoms with Crippen molar-refractivity contribution in [2.45, 2.75) is 99.5 Å². The van der Waals surface area contributed by atoms with E-state index in [-0.39, 0.29) is 48.9 Å². The number of allylic oxidation sites excluding steroid dienone is 2. The van der Waals surface area contributed by atoms with Crippen molar-refractivity contribution < 1.29 is 30.0 Å². The number of aromatic nitrogens is 1. The average Bonchev–Trinajstić information content (AvgIpc) is 3.63. The molecule has 0 fully saturated rings. The van der Waals surface area contributed by atoms with Gasteiger partial charge in [0.2, 0.25) is 0 Å². The minimum absolute atomic E-state index is 0. The summed E-state index contributed by atoms with van der Waals surface area (Å²) in [5.41, 5.74) is 3.47. The number of rotatable bonds is 13. The van der Waals surface area contributed by atoms with Crippen molar-refractivity contribution in [2.24, 2.45) is 17.8 Å². The molecule has 6 heteroatoms. The summed E-state index contributed by atoms with van der Waals surface area (Å²) in [6.45, 7) is 19.7. The van der Waals surface area contributed by atoms with Crippen molar-refractivity contribution >= 4 is 60.9 Å². The van der Waals surface area contributed by atoms with Crippen LogP contribution < -0.4 is 14.9 Å². The Hall–Kier alpha value is -3.67. The minimum atomic E-state index is -2.30. The molecule has 2 heterocycles. The van der Waals surface area contributed by atoms with Crippen LogP contribution in [0.2, 0.25) is 6.04 Å². The van der Waals surface area contributed by atoms with Gasteiger partial charge in [-0.05, 0) is 71.0 Å². The number of carbonyl (C=O) groups excluding carboxylic acids is 1. The van der Waals surface area contributed by atoms with Gasteiger partial charge in [-0.15, -0.1) is 29.1 Å². The van der Waals surface area contributed by atoms with Gasteiger partial charge in [-0.2, -0.15) is 11.3 Å². The van der Waals surface area contributed by atoms with Gasteiger partial charge in [0.15, 0.2) is 13.9 Å². The molecule has 0 spiro atoms. The Balaban J connectivity index is 0.000000372. The number of hydrogen-bond donors (Lipinski definition) is 1. The molecule has 3 nitrogen and oxygen atoms in total. The maximum atomic E-state index is 11.7. The number of benzene rings is 4. The summed E-state index contributed by atoms with van der Waals surface area (Å²) in [6, 6.07) is 43.1. The molecule has 0 aliphatic rings. The molecule has 0 atom stereocenters. The van der Waals surface area contributed by atoms with Gasteiger partial charge in [0.1, 0.15) is 0 Å². The van der Waals surface area contributed by atoms with Gasteiger partial charge >= 0.3 is 0 Å². The molecule has 2 aromatic heterocycles. The van der Waals surface area contributed by atoms with Crippen LogP contribution in [0.25, 0.3) is 32.1 Å². The quantitative estimate of drug-likeness (QED) is 0.0543. The third-order valence-electron chi connectivity index (χ3n) is 11.0. The molecule has 297 valence electrons. The standard InChI is InChI=1S/C37H36NSSi.C13H24O2.Ir/c1-26(2)25-40(30-15-8-6-9-16-30,31-17-10-7-11-18-31)34-24-28-20-21-38-35(36(28)39-34)29-22-27-14-12-13-19-32(27)33(23-29)37(3,4)5;1-5-10(6-2)12(14)9-13(15)11(7-3)8-4;/h6-21,23-24,26H,25H2,1-5H3;9-11,14H,5-8H2,1-4H3;/q-1;;/b;12-9-;. The normalized spacial score (nSPS) is 12.2. The molecule has 4 aromatic carbocycles.